The number of halogens is 11. The molecule has 0 saturated heterocycles. The van der Waals surface area contributed by atoms with Crippen LogP contribution in [-0.2, 0) is 82.9 Å². The summed E-state index contributed by atoms with van der Waals surface area (Å²) in [6, 6.07) is 4.98. The van der Waals surface area contributed by atoms with Crippen LogP contribution < -0.4 is 9.62 Å². The molecule has 6 rings (SSSR count). The quantitative estimate of drug-likeness (QED) is 0.0353. The van der Waals surface area contributed by atoms with Gasteiger partial charge in [-0.25, -0.2) is 35.0 Å². The van der Waals surface area contributed by atoms with Gasteiger partial charge in [-0.1, -0.05) is 30.7 Å². The minimum absolute atomic E-state index is 0.0218. The number of carbonyl (C=O) groups excluding carboxylic acids is 2. The summed E-state index contributed by atoms with van der Waals surface area (Å²) in [7, 11) is -13.5. The maximum atomic E-state index is 15.6. The van der Waals surface area contributed by atoms with Crippen LogP contribution in [0.5, 0.6) is 0 Å². The third-order valence-electron chi connectivity index (χ3n) is 12.5. The summed E-state index contributed by atoms with van der Waals surface area (Å²) in [6.45, 7) is -0.513. The van der Waals surface area contributed by atoms with Crippen molar-refractivity contribution >= 4 is 68.0 Å². The first-order valence-electron chi connectivity index (χ1n) is 22.9. The van der Waals surface area contributed by atoms with Crippen LogP contribution >= 0.6 is 19.4 Å². The molecule has 0 saturated carbocycles. The smallest absolute Gasteiger partial charge is 0.448 e. The van der Waals surface area contributed by atoms with Gasteiger partial charge in [0.15, 0.2) is 21.3 Å². The molecular formula is C45H49ClF10N7O11PS2. The molecule has 2 amide bonds. The van der Waals surface area contributed by atoms with E-state index in [2.05, 4.69) is 25.0 Å². The highest BCUT2D eigenvalue weighted by Crippen LogP contribution is 2.50. The summed E-state index contributed by atoms with van der Waals surface area (Å²) in [4.78, 5) is 50.3. The first-order chi connectivity index (χ1) is 35.3. The first kappa shape index (κ1) is 60.8. The minimum atomic E-state index is -5.25. The van der Waals surface area contributed by atoms with Crippen LogP contribution in [0.3, 0.4) is 0 Å². The molecule has 5 aromatic rings. The van der Waals surface area contributed by atoms with Crippen molar-refractivity contribution in [3.63, 3.8) is 0 Å². The number of phosphoric acid groups is 1. The Balaban J connectivity index is 1.56. The molecule has 1 aliphatic carbocycles. The van der Waals surface area contributed by atoms with Crippen molar-refractivity contribution in [2.75, 3.05) is 30.0 Å². The number of unbranched alkanes of at least 4 members (excludes halogenated alkanes) is 2. The summed E-state index contributed by atoms with van der Waals surface area (Å²) in [5.41, 5.74) is -5.69. The van der Waals surface area contributed by atoms with Crippen LogP contribution in [0.15, 0.2) is 42.5 Å². The zero-order valence-corrected chi connectivity index (χ0v) is 44.4. The van der Waals surface area contributed by atoms with Crippen molar-refractivity contribution in [2.24, 2.45) is 5.92 Å². The van der Waals surface area contributed by atoms with Crippen LogP contribution in [0.4, 0.5) is 54.5 Å². The second-order valence-corrected chi connectivity index (χ2v) is 25.0. The number of carbonyl (C=O) groups is 2. The number of benzene rings is 2. The van der Waals surface area contributed by atoms with E-state index in [1.807, 2.05) is 0 Å². The van der Waals surface area contributed by atoms with Crippen LogP contribution in [-0.4, -0.2) is 99.8 Å². The number of fused-ring (bicyclic) bond motifs is 2. The Morgan fingerprint density at radius 2 is 1.56 bits per heavy atom. The number of alkyl halides is 8. The third-order valence-corrected chi connectivity index (χ3v) is 16.5. The highest BCUT2D eigenvalue weighted by molar-refractivity contribution is 7.92. The number of sulfonamides is 1. The Hall–Kier alpha value is -5.39. The van der Waals surface area contributed by atoms with E-state index in [0.717, 1.165) is 37.4 Å². The summed E-state index contributed by atoms with van der Waals surface area (Å²) >= 11 is 6.64. The first-order valence-corrected chi connectivity index (χ1v) is 28.6. The summed E-state index contributed by atoms with van der Waals surface area (Å²) in [5.74, 6) is -10.3. The van der Waals surface area contributed by atoms with Crippen molar-refractivity contribution in [1.29, 1.82) is 0 Å². The Morgan fingerprint density at radius 3 is 2.14 bits per heavy atom. The largest absolute Gasteiger partial charge is 0.469 e. The van der Waals surface area contributed by atoms with E-state index < -0.39 is 170 Å². The van der Waals surface area contributed by atoms with E-state index >= 15 is 8.78 Å². The summed E-state index contributed by atoms with van der Waals surface area (Å²) in [6.07, 6.45) is -12.3. The number of hydrogen-bond acceptors (Lipinski definition) is 12. The lowest BCUT2D eigenvalue weighted by atomic mass is 9.93. The van der Waals surface area contributed by atoms with Crippen molar-refractivity contribution in [2.45, 2.75) is 108 Å². The maximum Gasteiger partial charge on any atom is 0.469 e. The van der Waals surface area contributed by atoms with Gasteiger partial charge < -0.3 is 19.8 Å². The molecule has 2 aromatic carbocycles. The summed E-state index contributed by atoms with van der Waals surface area (Å²) < 4.78 is 219. The SMILES string of the molecule is C[C@@H]1Cc2c(C(F)(F)F)nn(CC(=O)N[C@@H](Cc3cc(F)cc(F)c3)c3nc(CCC(C)(C)S(C)(=O)=O)ccc3-c3ccc(Cl)c4c(N(C(=O)OCCCCCOP(=O)(O)O)S(C)(=O)=O)nn(CC(F)(F)F)c34)c2C1(F)F. The van der Waals surface area contributed by atoms with Gasteiger partial charge in [0.2, 0.25) is 15.9 Å². The molecule has 3 aromatic heterocycles. The van der Waals surface area contributed by atoms with Gasteiger partial charge in [0, 0.05) is 40.6 Å². The molecular weight excluding hydrogens is 1140 g/mol. The highest BCUT2D eigenvalue weighted by atomic mass is 35.5. The summed E-state index contributed by atoms with van der Waals surface area (Å²) in [5, 5.41) is 8.55. The lowest BCUT2D eigenvalue weighted by molar-refractivity contribution is -0.143. The molecule has 0 aliphatic heterocycles. The number of phosphoric ester groups is 1. The van der Waals surface area contributed by atoms with Gasteiger partial charge in [-0.3, -0.25) is 23.7 Å². The van der Waals surface area contributed by atoms with Crippen LogP contribution in [0.1, 0.15) is 86.4 Å². The number of aryl methyl sites for hydroxylation is 1. The number of ether oxygens (including phenoxy) is 1. The van der Waals surface area contributed by atoms with Crippen molar-refractivity contribution in [3.8, 4) is 11.1 Å². The fourth-order valence-corrected chi connectivity index (χ4v) is 10.3. The van der Waals surface area contributed by atoms with E-state index in [-0.39, 0.29) is 68.2 Å². The molecule has 77 heavy (non-hydrogen) atoms. The van der Waals surface area contributed by atoms with Crippen molar-refractivity contribution < 1.29 is 93.9 Å². The fourth-order valence-electron chi connectivity index (χ4n) is 8.46. The van der Waals surface area contributed by atoms with Crippen molar-refractivity contribution in [3.05, 3.63) is 93.0 Å². The molecule has 0 radical (unpaired) electrons. The fraction of sp³-hybridized carbons (Fsp3) is 0.489. The van der Waals surface area contributed by atoms with Gasteiger partial charge in [0.25, 0.3) is 5.92 Å². The topological polar surface area (TPSA) is 242 Å². The van der Waals surface area contributed by atoms with Gasteiger partial charge in [0.05, 0.1) is 51.9 Å². The molecule has 0 spiro atoms. The van der Waals surface area contributed by atoms with E-state index in [9.17, 15) is 66.1 Å². The molecule has 0 bridgehead atoms. The van der Waals surface area contributed by atoms with Gasteiger partial charge in [-0.2, -0.15) is 49.6 Å². The lowest BCUT2D eigenvalue weighted by Gasteiger charge is -2.25. The molecule has 3 N–H and O–H groups in total. The number of amides is 2. The number of nitrogens with zero attached hydrogens (tertiary/aromatic N) is 6. The zero-order chi connectivity index (χ0) is 57.6. The Bertz CT molecular complexity index is 3330. The van der Waals surface area contributed by atoms with E-state index in [1.54, 1.807) is 0 Å². The average Bonchev–Trinajstić information content (AvgIpc) is 3.89. The highest BCUT2D eigenvalue weighted by Gasteiger charge is 2.54. The van der Waals surface area contributed by atoms with E-state index in [4.69, 9.17) is 26.1 Å². The zero-order valence-electron chi connectivity index (χ0n) is 41.1. The second-order valence-electron chi connectivity index (χ2n) is 18.9. The maximum absolute atomic E-state index is 15.6. The Labute approximate surface area is 438 Å². The number of nitrogens with one attached hydrogen (secondary N) is 1. The van der Waals surface area contributed by atoms with Gasteiger partial charge in [-0.15, -0.1) is 0 Å². The van der Waals surface area contributed by atoms with Gasteiger partial charge in [0.1, 0.15) is 30.4 Å². The predicted molar refractivity (Wildman–Crippen MR) is 257 cm³/mol. The Morgan fingerprint density at radius 1 is 0.935 bits per heavy atom. The third kappa shape index (κ3) is 14.5. The number of hydrogen-bond donors (Lipinski definition) is 3. The number of anilines is 1. The van der Waals surface area contributed by atoms with Gasteiger partial charge >= 0.3 is 26.3 Å². The molecule has 3 heterocycles. The predicted octanol–water partition coefficient (Wildman–Crippen LogP) is 9.13. The van der Waals surface area contributed by atoms with E-state index in [1.165, 1.54) is 26.0 Å². The normalized spacial score (nSPS) is 15.7. The van der Waals surface area contributed by atoms with E-state index in [0.29, 0.717) is 12.3 Å². The number of rotatable bonds is 21. The number of sulfone groups is 1. The lowest BCUT2D eigenvalue weighted by Crippen LogP contribution is -2.37. The number of pyridine rings is 1. The standard InChI is InChI=1S/C45H49ClF10N7O11PS2/c1-24-17-31-38(45(54,55)56)59-61(39(31)44(24,52)53)22-34(64)58-33(20-25-18-26(47)21-27(48)19-25)36-29(10-9-28(57-36)13-14-42(2,3)76(4,69)70)30-11-12-32(46)35-37(30)62(23-43(49,50)51)60-40(35)63(77(5,71)72)41(65)73-15-7-6-8-16-74-75(66,67)68/h9-12,18-19,21,24,33H,6-8,13-17,20,22-23H2,1-5H3,(H,58,64)(H2,66,67,68)/t24-,33+/m1/s1. The van der Waals surface area contributed by atoms with Gasteiger partial charge in [-0.05, 0) is 88.6 Å². The van der Waals surface area contributed by atoms with Crippen LogP contribution in [0.2, 0.25) is 5.02 Å². The minimum Gasteiger partial charge on any atom is -0.448 e. The molecule has 424 valence electrons. The Kier molecular flexibility index (Phi) is 17.7. The van der Waals surface area contributed by atoms with Crippen LogP contribution in [0.25, 0.3) is 22.0 Å². The second kappa shape index (κ2) is 22.4. The average molecular weight is 1180 g/mol. The number of aromatic nitrogens is 5. The molecule has 2 atom stereocenters. The van der Waals surface area contributed by atoms with Crippen LogP contribution in [0, 0.1) is 17.6 Å². The molecule has 32 heteroatoms. The molecule has 0 fully saturated rings. The van der Waals surface area contributed by atoms with Crippen molar-refractivity contribution in [1.82, 2.24) is 29.9 Å². The molecule has 1 aliphatic rings. The molecule has 0 unspecified atom stereocenters. The monoisotopic (exact) mass is 1180 g/mol. The molecule has 18 nitrogen and oxygen atoms in total.